The van der Waals surface area contributed by atoms with Crippen LogP contribution in [0.3, 0.4) is 0 Å². The minimum atomic E-state index is -2.19. The average Bonchev–Trinajstić information content (AvgIpc) is 2.03. The molecule has 13 heavy (non-hydrogen) atoms. The van der Waals surface area contributed by atoms with Crippen LogP contribution in [0.1, 0.15) is 12.8 Å². The zero-order valence-corrected chi connectivity index (χ0v) is 7.01. The zero-order chi connectivity index (χ0) is 10.5. The summed E-state index contributed by atoms with van der Waals surface area (Å²) in [5.41, 5.74) is -2.19. The van der Waals surface area contributed by atoms with Crippen LogP contribution in [0.2, 0.25) is 0 Å². The monoisotopic (exact) mass is 186 g/mol. The first-order chi connectivity index (χ1) is 6.01. The molecule has 0 amide bonds. The molecule has 0 saturated heterocycles. The number of nitro groups is 2. The van der Waals surface area contributed by atoms with Crippen LogP contribution in [0, 0.1) is 20.2 Å². The molecule has 0 unspecified atom stereocenters. The van der Waals surface area contributed by atoms with E-state index in [0.717, 1.165) is 12.2 Å². The Kier molecular flexibility index (Phi) is 3.77. The summed E-state index contributed by atoms with van der Waals surface area (Å²) in [5.74, 6) is 0. The fourth-order valence-electron chi connectivity index (χ4n) is 0.910. The summed E-state index contributed by atoms with van der Waals surface area (Å²) in [5, 5.41) is 21.0. The summed E-state index contributed by atoms with van der Waals surface area (Å²) in [4.78, 5) is 19.2. The van der Waals surface area contributed by atoms with Crippen molar-refractivity contribution in [2.45, 2.75) is 18.5 Å². The molecule has 0 saturated carbocycles. The van der Waals surface area contributed by atoms with Crippen molar-refractivity contribution in [1.82, 2.24) is 0 Å². The van der Waals surface area contributed by atoms with Gasteiger partial charge < -0.3 is 0 Å². The van der Waals surface area contributed by atoms with Gasteiger partial charge in [0.2, 0.25) is 0 Å². The third kappa shape index (κ3) is 2.11. The van der Waals surface area contributed by atoms with Crippen LogP contribution in [-0.2, 0) is 0 Å². The van der Waals surface area contributed by atoms with Crippen LogP contribution in [0.4, 0.5) is 0 Å². The molecule has 0 aromatic rings. The van der Waals surface area contributed by atoms with Gasteiger partial charge in [-0.3, -0.25) is 20.2 Å². The van der Waals surface area contributed by atoms with E-state index in [4.69, 9.17) is 0 Å². The molecule has 0 rings (SSSR count). The van der Waals surface area contributed by atoms with Gasteiger partial charge in [-0.15, -0.1) is 13.2 Å². The Bertz CT molecular complexity index is 223. The van der Waals surface area contributed by atoms with E-state index in [0.29, 0.717) is 0 Å². The van der Waals surface area contributed by atoms with E-state index in [1.807, 2.05) is 0 Å². The standard InChI is InChI=1S/C7H10N2O4/c1-3-5-7(6-4-2,8(10)11)9(12)13/h3-4H,1-2,5-6H2. The van der Waals surface area contributed by atoms with Crippen molar-refractivity contribution in [2.75, 3.05) is 0 Å². The lowest BCUT2D eigenvalue weighted by molar-refractivity contribution is -0.795. The first kappa shape index (κ1) is 11.3. The highest BCUT2D eigenvalue weighted by Gasteiger charge is 2.53. The van der Waals surface area contributed by atoms with Crippen LogP contribution in [0.25, 0.3) is 0 Å². The molecule has 0 bridgehead atoms. The molecule has 0 heterocycles. The Balaban J connectivity index is 5.02. The number of nitrogens with zero attached hydrogens (tertiary/aromatic N) is 2. The lowest BCUT2D eigenvalue weighted by atomic mass is 10.0. The molecule has 0 aliphatic heterocycles. The second kappa shape index (κ2) is 4.34. The number of hydrogen-bond donors (Lipinski definition) is 0. The topological polar surface area (TPSA) is 86.3 Å². The van der Waals surface area contributed by atoms with Gasteiger partial charge in [0.1, 0.15) is 12.8 Å². The number of rotatable bonds is 6. The molecule has 6 heteroatoms. The summed E-state index contributed by atoms with van der Waals surface area (Å²) >= 11 is 0. The predicted molar refractivity (Wildman–Crippen MR) is 46.3 cm³/mol. The van der Waals surface area contributed by atoms with E-state index < -0.39 is 15.5 Å². The van der Waals surface area contributed by atoms with Gasteiger partial charge in [0.15, 0.2) is 0 Å². The molecule has 0 aromatic carbocycles. The van der Waals surface area contributed by atoms with Crippen molar-refractivity contribution in [3.8, 4) is 0 Å². The maximum Gasteiger partial charge on any atom is 0.465 e. The summed E-state index contributed by atoms with van der Waals surface area (Å²) in [6, 6.07) is 0. The fraction of sp³-hybridized carbons (Fsp3) is 0.429. The fourth-order valence-corrected chi connectivity index (χ4v) is 0.910. The van der Waals surface area contributed by atoms with E-state index in [-0.39, 0.29) is 12.8 Å². The molecule has 72 valence electrons. The van der Waals surface area contributed by atoms with Crippen LogP contribution < -0.4 is 0 Å². The van der Waals surface area contributed by atoms with E-state index >= 15 is 0 Å². The largest absolute Gasteiger partial charge is 0.465 e. The lowest BCUT2D eigenvalue weighted by Gasteiger charge is -2.13. The molecular weight excluding hydrogens is 176 g/mol. The maximum absolute atomic E-state index is 10.5. The van der Waals surface area contributed by atoms with E-state index in [2.05, 4.69) is 13.2 Å². The number of hydrogen-bond acceptors (Lipinski definition) is 4. The molecular formula is C7H10N2O4. The van der Waals surface area contributed by atoms with Gasteiger partial charge in [-0.05, 0) is 0 Å². The van der Waals surface area contributed by atoms with Crippen molar-refractivity contribution in [2.24, 2.45) is 0 Å². The predicted octanol–water partition coefficient (Wildman–Crippen LogP) is 1.39. The van der Waals surface area contributed by atoms with Gasteiger partial charge in [-0.25, -0.2) is 0 Å². The summed E-state index contributed by atoms with van der Waals surface area (Å²) in [6.07, 6.45) is 1.71. The van der Waals surface area contributed by atoms with Crippen LogP contribution in [0.15, 0.2) is 25.3 Å². The smallest absolute Gasteiger partial charge is 0.258 e. The third-order valence-electron chi connectivity index (χ3n) is 1.62. The van der Waals surface area contributed by atoms with Crippen molar-refractivity contribution in [1.29, 1.82) is 0 Å². The highest BCUT2D eigenvalue weighted by atomic mass is 16.7. The van der Waals surface area contributed by atoms with Gasteiger partial charge in [0.25, 0.3) is 0 Å². The molecule has 0 N–H and O–H groups in total. The molecule has 0 fully saturated rings. The molecule has 0 spiro atoms. The highest BCUT2D eigenvalue weighted by Crippen LogP contribution is 2.21. The average molecular weight is 186 g/mol. The maximum atomic E-state index is 10.5. The summed E-state index contributed by atoms with van der Waals surface area (Å²) in [6.45, 7) is 6.50. The van der Waals surface area contributed by atoms with Crippen molar-refractivity contribution in [3.63, 3.8) is 0 Å². The van der Waals surface area contributed by atoms with E-state index in [9.17, 15) is 20.2 Å². The minimum absolute atomic E-state index is 0.307. The van der Waals surface area contributed by atoms with E-state index in [1.165, 1.54) is 0 Å². The van der Waals surface area contributed by atoms with Gasteiger partial charge >= 0.3 is 5.66 Å². The Morgan fingerprint density at radius 1 is 1.08 bits per heavy atom. The Hall–Kier alpha value is -1.72. The van der Waals surface area contributed by atoms with Crippen molar-refractivity contribution < 1.29 is 9.85 Å². The quantitative estimate of drug-likeness (QED) is 0.271. The SMILES string of the molecule is C=CCC(CC=C)([N+](=O)[O-])[N+](=O)[O-]. The van der Waals surface area contributed by atoms with Crippen LogP contribution >= 0.6 is 0 Å². The minimum Gasteiger partial charge on any atom is -0.258 e. The van der Waals surface area contributed by atoms with Gasteiger partial charge in [0, 0.05) is 0 Å². The molecule has 0 radical (unpaired) electrons. The summed E-state index contributed by atoms with van der Waals surface area (Å²) < 4.78 is 0. The van der Waals surface area contributed by atoms with Crippen molar-refractivity contribution >= 4 is 0 Å². The Morgan fingerprint density at radius 2 is 1.38 bits per heavy atom. The molecule has 0 aliphatic rings. The third-order valence-corrected chi connectivity index (χ3v) is 1.62. The molecule has 0 aliphatic carbocycles. The first-order valence-corrected chi connectivity index (χ1v) is 3.52. The zero-order valence-electron chi connectivity index (χ0n) is 7.01. The van der Waals surface area contributed by atoms with Crippen LogP contribution in [-0.4, -0.2) is 15.5 Å². The van der Waals surface area contributed by atoms with Gasteiger partial charge in [0.05, 0.1) is 9.85 Å². The summed E-state index contributed by atoms with van der Waals surface area (Å²) in [7, 11) is 0. The lowest BCUT2D eigenvalue weighted by Crippen LogP contribution is -2.45. The second-order valence-electron chi connectivity index (χ2n) is 2.48. The molecule has 0 atom stereocenters. The second-order valence-corrected chi connectivity index (χ2v) is 2.48. The molecule has 6 nitrogen and oxygen atoms in total. The van der Waals surface area contributed by atoms with Gasteiger partial charge in [-0.1, -0.05) is 12.2 Å². The van der Waals surface area contributed by atoms with Crippen LogP contribution in [0.5, 0.6) is 0 Å². The molecule has 0 aromatic heterocycles. The highest BCUT2D eigenvalue weighted by molar-refractivity contribution is 4.85. The van der Waals surface area contributed by atoms with Crippen molar-refractivity contribution in [3.05, 3.63) is 45.5 Å². The first-order valence-electron chi connectivity index (χ1n) is 3.52. The Labute approximate surface area is 74.9 Å². The Morgan fingerprint density at radius 3 is 1.54 bits per heavy atom. The van der Waals surface area contributed by atoms with Gasteiger partial charge in [-0.2, -0.15) is 0 Å². The van der Waals surface area contributed by atoms with E-state index in [1.54, 1.807) is 0 Å². The normalized spacial score (nSPS) is 10.5.